The Morgan fingerprint density at radius 2 is 1.68 bits per heavy atom. The number of carbonyl (C=O) groups is 1. The van der Waals surface area contributed by atoms with Gasteiger partial charge in [-0.25, -0.2) is 0 Å². The van der Waals surface area contributed by atoms with Crippen LogP contribution in [0, 0.1) is 22.7 Å². The van der Waals surface area contributed by atoms with Gasteiger partial charge >= 0.3 is 0 Å². The Morgan fingerprint density at radius 3 is 2.32 bits per heavy atom. The summed E-state index contributed by atoms with van der Waals surface area (Å²) >= 11 is 0. The minimum atomic E-state index is -0.206. The van der Waals surface area contributed by atoms with Crippen LogP contribution in [0.3, 0.4) is 0 Å². The maximum Gasteiger partial charge on any atom is 0.134 e. The minimum absolute atomic E-state index is 0.0916. The third kappa shape index (κ3) is 2.21. The van der Waals surface area contributed by atoms with E-state index in [-0.39, 0.29) is 22.0 Å². The molecule has 5 atom stereocenters. The van der Waals surface area contributed by atoms with Crippen LogP contribution in [-0.4, -0.2) is 17.0 Å². The fourth-order valence-electron chi connectivity index (χ4n) is 6.44. The molecule has 2 nitrogen and oxygen atoms in total. The first-order valence-corrected chi connectivity index (χ1v) is 8.90. The second-order valence-electron chi connectivity index (χ2n) is 9.50. The van der Waals surface area contributed by atoms with Crippen molar-refractivity contribution >= 4 is 5.78 Å². The van der Waals surface area contributed by atoms with Gasteiger partial charge in [0.2, 0.25) is 0 Å². The summed E-state index contributed by atoms with van der Waals surface area (Å²) in [6.07, 6.45) is 7.93. The first kappa shape index (κ1) is 16.2. The highest BCUT2D eigenvalue weighted by atomic mass is 16.5. The molecule has 3 aliphatic rings. The van der Waals surface area contributed by atoms with E-state index in [0.29, 0.717) is 17.6 Å². The molecule has 1 aliphatic heterocycles. The summed E-state index contributed by atoms with van der Waals surface area (Å²) in [4.78, 5) is 12.4. The van der Waals surface area contributed by atoms with Crippen LogP contribution in [0.25, 0.3) is 0 Å². The van der Waals surface area contributed by atoms with E-state index >= 15 is 0 Å². The van der Waals surface area contributed by atoms with E-state index in [1.165, 1.54) is 6.42 Å². The molecule has 0 radical (unpaired) electrons. The predicted octanol–water partition coefficient (Wildman–Crippen LogP) is 4.92. The molecule has 2 aliphatic carbocycles. The highest BCUT2D eigenvalue weighted by Gasteiger charge is 2.62. The minimum Gasteiger partial charge on any atom is -0.365 e. The molecule has 0 aromatic carbocycles. The molecule has 0 spiro atoms. The van der Waals surface area contributed by atoms with Crippen molar-refractivity contribution in [1.29, 1.82) is 0 Å². The molecule has 2 saturated carbocycles. The van der Waals surface area contributed by atoms with Crippen LogP contribution in [0.2, 0.25) is 0 Å². The van der Waals surface area contributed by atoms with Gasteiger partial charge in [-0.3, -0.25) is 4.79 Å². The molecule has 1 saturated heterocycles. The fourth-order valence-corrected chi connectivity index (χ4v) is 6.44. The zero-order chi connectivity index (χ0) is 16.4. The van der Waals surface area contributed by atoms with Crippen molar-refractivity contribution < 1.29 is 9.53 Å². The van der Waals surface area contributed by atoms with E-state index in [4.69, 9.17) is 4.74 Å². The molecule has 0 N–H and O–H groups in total. The van der Waals surface area contributed by atoms with Crippen LogP contribution in [0.4, 0.5) is 0 Å². The van der Waals surface area contributed by atoms with Gasteiger partial charge in [0.1, 0.15) is 5.78 Å². The Balaban J connectivity index is 1.98. The van der Waals surface area contributed by atoms with Gasteiger partial charge in [0.05, 0.1) is 11.2 Å². The van der Waals surface area contributed by atoms with E-state index in [0.717, 1.165) is 32.1 Å². The van der Waals surface area contributed by atoms with E-state index in [9.17, 15) is 4.79 Å². The largest absolute Gasteiger partial charge is 0.365 e. The molecule has 22 heavy (non-hydrogen) atoms. The monoisotopic (exact) mass is 304 g/mol. The summed E-state index contributed by atoms with van der Waals surface area (Å²) in [5.41, 5.74) is -0.0955. The molecule has 0 bridgehead atoms. The summed E-state index contributed by atoms with van der Waals surface area (Å²) in [6.45, 7) is 15.4. The summed E-state index contributed by atoms with van der Waals surface area (Å²) in [7, 11) is 0. The lowest BCUT2D eigenvalue weighted by atomic mass is 9.44. The number of ether oxygens (including phenoxy) is 1. The molecule has 1 heterocycles. The second-order valence-corrected chi connectivity index (χ2v) is 9.50. The van der Waals surface area contributed by atoms with Gasteiger partial charge in [-0.1, -0.05) is 26.8 Å². The number of fused-ring (bicyclic) bond motifs is 3. The summed E-state index contributed by atoms with van der Waals surface area (Å²) < 4.78 is 6.60. The lowest BCUT2D eigenvalue weighted by Gasteiger charge is -2.64. The van der Waals surface area contributed by atoms with E-state index < -0.39 is 0 Å². The number of hydrogen-bond donors (Lipinski definition) is 0. The molecule has 0 aromatic heterocycles. The lowest BCUT2D eigenvalue weighted by molar-refractivity contribution is -0.249. The van der Waals surface area contributed by atoms with Crippen molar-refractivity contribution in [3.8, 4) is 0 Å². The highest BCUT2D eigenvalue weighted by molar-refractivity contribution is 5.81. The van der Waals surface area contributed by atoms with Gasteiger partial charge in [0.15, 0.2) is 0 Å². The van der Waals surface area contributed by atoms with Gasteiger partial charge in [-0.2, -0.15) is 0 Å². The number of ketones is 1. The van der Waals surface area contributed by atoms with Crippen LogP contribution in [-0.2, 0) is 9.53 Å². The molecule has 3 rings (SSSR count). The molecule has 0 amide bonds. The molecule has 3 fully saturated rings. The molecule has 124 valence electrons. The van der Waals surface area contributed by atoms with Gasteiger partial charge in [-0.05, 0) is 62.2 Å². The number of hydrogen-bond acceptors (Lipinski definition) is 2. The predicted molar refractivity (Wildman–Crippen MR) is 89.7 cm³/mol. The van der Waals surface area contributed by atoms with E-state index in [2.05, 4.69) is 41.2 Å². The van der Waals surface area contributed by atoms with E-state index in [1.807, 2.05) is 6.08 Å². The maximum absolute atomic E-state index is 12.4. The van der Waals surface area contributed by atoms with E-state index in [1.54, 1.807) is 0 Å². The maximum atomic E-state index is 12.4. The zero-order valence-electron chi connectivity index (χ0n) is 15.0. The summed E-state index contributed by atoms with van der Waals surface area (Å²) in [5, 5.41) is 0. The third-order valence-corrected chi connectivity index (χ3v) is 7.26. The molecular weight excluding hydrogens is 272 g/mol. The van der Waals surface area contributed by atoms with Crippen molar-refractivity contribution in [2.75, 3.05) is 0 Å². The molecule has 5 unspecified atom stereocenters. The number of Topliss-reactive ketones (excluding diaryl/α,β-unsaturated/α-hetero) is 1. The highest BCUT2D eigenvalue weighted by Crippen LogP contribution is 2.64. The first-order chi connectivity index (χ1) is 10.0. The smallest absolute Gasteiger partial charge is 0.134 e. The van der Waals surface area contributed by atoms with Crippen LogP contribution in [0.1, 0.15) is 73.1 Å². The SMILES string of the molecule is C=CC1(C)CCC2C(C)(CCC3C(C)(C)CC(=O)CC32C)O1. The second kappa shape index (κ2) is 4.69. The molecule has 2 heteroatoms. The average Bonchev–Trinajstić information content (AvgIpc) is 2.35. The van der Waals surface area contributed by atoms with Crippen LogP contribution < -0.4 is 0 Å². The van der Waals surface area contributed by atoms with Gasteiger partial charge in [0, 0.05) is 12.8 Å². The quantitative estimate of drug-likeness (QED) is 0.643. The number of carbonyl (C=O) groups excluding carboxylic acids is 1. The Morgan fingerprint density at radius 1 is 1.05 bits per heavy atom. The fraction of sp³-hybridized carbons (Fsp3) is 0.850. The standard InChI is InChI=1S/C20H32O2/c1-7-18(4)10-8-16-19(5)13-14(21)12-17(2,3)15(19)9-11-20(16,6)22-18/h7,15-16H,1,8-13H2,2-6H3. The summed E-state index contributed by atoms with van der Waals surface area (Å²) in [6, 6.07) is 0. The van der Waals surface area contributed by atoms with Crippen LogP contribution in [0.5, 0.6) is 0 Å². The Hall–Kier alpha value is -0.630. The van der Waals surface area contributed by atoms with Crippen LogP contribution in [0.15, 0.2) is 12.7 Å². The van der Waals surface area contributed by atoms with Gasteiger partial charge in [-0.15, -0.1) is 6.58 Å². The van der Waals surface area contributed by atoms with Gasteiger partial charge < -0.3 is 4.74 Å². The average molecular weight is 304 g/mol. The molecular formula is C20H32O2. The summed E-state index contributed by atoms with van der Waals surface area (Å²) in [5.74, 6) is 1.56. The van der Waals surface area contributed by atoms with Crippen molar-refractivity contribution in [1.82, 2.24) is 0 Å². The Kier molecular flexibility index (Phi) is 3.46. The topological polar surface area (TPSA) is 26.3 Å². The molecule has 0 aromatic rings. The Bertz CT molecular complexity index is 508. The lowest BCUT2D eigenvalue weighted by Crippen LogP contribution is -2.63. The van der Waals surface area contributed by atoms with Crippen molar-refractivity contribution in [2.45, 2.75) is 84.3 Å². The Labute approximate surface area is 135 Å². The first-order valence-electron chi connectivity index (χ1n) is 8.90. The third-order valence-electron chi connectivity index (χ3n) is 7.26. The zero-order valence-corrected chi connectivity index (χ0v) is 15.0. The normalized spacial score (nSPS) is 50.9. The van der Waals surface area contributed by atoms with Crippen molar-refractivity contribution in [3.63, 3.8) is 0 Å². The van der Waals surface area contributed by atoms with Crippen molar-refractivity contribution in [3.05, 3.63) is 12.7 Å². The number of rotatable bonds is 1. The van der Waals surface area contributed by atoms with Gasteiger partial charge in [0.25, 0.3) is 0 Å². The van der Waals surface area contributed by atoms with Crippen molar-refractivity contribution in [2.24, 2.45) is 22.7 Å². The van der Waals surface area contributed by atoms with Crippen LogP contribution >= 0.6 is 0 Å².